The molecule has 0 heterocycles. The third kappa shape index (κ3) is 5.46. The van der Waals surface area contributed by atoms with E-state index in [2.05, 4.69) is 10.6 Å². The Morgan fingerprint density at radius 2 is 1.79 bits per heavy atom. The first-order valence-electron chi connectivity index (χ1n) is 9.06. The van der Waals surface area contributed by atoms with Crippen molar-refractivity contribution in [3.05, 3.63) is 63.7 Å². The van der Waals surface area contributed by atoms with Crippen LogP contribution in [0.3, 0.4) is 0 Å². The summed E-state index contributed by atoms with van der Waals surface area (Å²) in [4.78, 5) is 22.8. The molecule has 156 valence electrons. The number of carbonyl (C=O) groups is 1. The zero-order chi connectivity index (χ0) is 21.8. The molecule has 0 unspecified atom stereocenters. The molecule has 29 heavy (non-hydrogen) atoms. The Morgan fingerprint density at radius 1 is 1.14 bits per heavy atom. The number of alkyl halides is 3. The van der Waals surface area contributed by atoms with Gasteiger partial charge in [0.2, 0.25) is 5.91 Å². The number of hydrogen-bond donors (Lipinski definition) is 2. The van der Waals surface area contributed by atoms with Gasteiger partial charge in [-0.15, -0.1) is 0 Å². The number of carbonyl (C=O) groups excluding carboxylic acids is 1. The fourth-order valence-corrected chi connectivity index (χ4v) is 2.78. The molecule has 2 atom stereocenters. The van der Waals surface area contributed by atoms with Crippen molar-refractivity contribution in [2.45, 2.75) is 45.3 Å². The molecule has 9 heteroatoms. The van der Waals surface area contributed by atoms with Crippen molar-refractivity contribution in [2.24, 2.45) is 0 Å². The van der Waals surface area contributed by atoms with Crippen LogP contribution in [0.2, 0.25) is 0 Å². The number of hydrogen-bond acceptors (Lipinski definition) is 4. The Bertz CT molecular complexity index is 900. The van der Waals surface area contributed by atoms with Crippen LogP contribution in [0, 0.1) is 10.1 Å². The summed E-state index contributed by atoms with van der Waals surface area (Å²) in [6.45, 7) is 5.53. The summed E-state index contributed by atoms with van der Waals surface area (Å²) in [7, 11) is 0. The van der Waals surface area contributed by atoms with Crippen LogP contribution in [-0.4, -0.2) is 16.9 Å². The first-order chi connectivity index (χ1) is 13.5. The second-order valence-corrected chi connectivity index (χ2v) is 6.74. The van der Waals surface area contributed by atoms with E-state index in [-0.39, 0.29) is 11.6 Å². The number of nitro groups is 1. The minimum absolute atomic E-state index is 0.166. The third-order valence-corrected chi connectivity index (χ3v) is 4.65. The van der Waals surface area contributed by atoms with E-state index in [1.807, 2.05) is 26.0 Å². The van der Waals surface area contributed by atoms with Crippen LogP contribution in [0.25, 0.3) is 0 Å². The standard InChI is InChI=1S/C20H22F3N3O3/c1-4-12(2)15-7-5-6-8-16(15)25-19(27)13(3)24-17-10-9-14(20(21,22)23)11-18(17)26(28)29/h5-13,24H,4H2,1-3H3,(H,25,27)/t12-,13-/m0/s1. The summed E-state index contributed by atoms with van der Waals surface area (Å²) < 4.78 is 38.5. The highest BCUT2D eigenvalue weighted by Crippen LogP contribution is 2.35. The number of nitro benzene ring substituents is 1. The number of nitrogens with zero attached hydrogens (tertiary/aromatic N) is 1. The largest absolute Gasteiger partial charge is 0.416 e. The molecule has 2 aromatic rings. The molecule has 0 aliphatic carbocycles. The molecule has 2 N–H and O–H groups in total. The average Bonchev–Trinajstić information content (AvgIpc) is 2.66. The molecule has 1 amide bonds. The number of rotatable bonds is 7. The molecule has 0 spiro atoms. The highest BCUT2D eigenvalue weighted by Gasteiger charge is 2.33. The lowest BCUT2D eigenvalue weighted by Gasteiger charge is -2.19. The van der Waals surface area contributed by atoms with E-state index in [1.54, 1.807) is 12.1 Å². The number of para-hydroxylation sites is 1. The summed E-state index contributed by atoms with van der Waals surface area (Å²) in [6.07, 6.45) is -3.83. The van der Waals surface area contributed by atoms with E-state index in [4.69, 9.17) is 0 Å². The van der Waals surface area contributed by atoms with Gasteiger partial charge in [0.05, 0.1) is 10.5 Å². The summed E-state index contributed by atoms with van der Waals surface area (Å²) in [5.74, 6) is -0.249. The summed E-state index contributed by atoms with van der Waals surface area (Å²) in [5, 5.41) is 16.6. The molecule has 2 aromatic carbocycles. The summed E-state index contributed by atoms with van der Waals surface area (Å²) in [5.41, 5.74) is -0.465. The van der Waals surface area contributed by atoms with Crippen LogP contribution in [0.4, 0.5) is 30.2 Å². The number of amides is 1. The van der Waals surface area contributed by atoms with Crippen molar-refractivity contribution in [2.75, 3.05) is 10.6 Å². The minimum Gasteiger partial charge on any atom is -0.368 e. The molecular weight excluding hydrogens is 387 g/mol. The molecule has 0 saturated heterocycles. The van der Waals surface area contributed by atoms with Gasteiger partial charge in [0, 0.05) is 11.8 Å². The van der Waals surface area contributed by atoms with Crippen LogP contribution in [0.1, 0.15) is 44.2 Å². The Kier molecular flexibility index (Phi) is 6.84. The SMILES string of the molecule is CC[C@H](C)c1ccccc1NC(=O)[C@H](C)Nc1ccc(C(F)(F)F)cc1[N+](=O)[O-]. The highest BCUT2D eigenvalue weighted by atomic mass is 19.4. The lowest BCUT2D eigenvalue weighted by atomic mass is 9.97. The normalized spacial score (nSPS) is 13.4. The molecule has 6 nitrogen and oxygen atoms in total. The monoisotopic (exact) mass is 409 g/mol. The number of halogens is 3. The van der Waals surface area contributed by atoms with Crippen molar-refractivity contribution in [3.63, 3.8) is 0 Å². The molecule has 0 radical (unpaired) electrons. The molecule has 0 aliphatic heterocycles. The fourth-order valence-electron chi connectivity index (χ4n) is 2.78. The number of benzene rings is 2. The van der Waals surface area contributed by atoms with E-state index in [0.717, 1.165) is 24.1 Å². The third-order valence-electron chi connectivity index (χ3n) is 4.65. The van der Waals surface area contributed by atoms with Gasteiger partial charge in [-0.05, 0) is 43.0 Å². The molecule has 0 fully saturated rings. The van der Waals surface area contributed by atoms with E-state index < -0.39 is 34.3 Å². The van der Waals surface area contributed by atoms with Crippen LogP contribution in [-0.2, 0) is 11.0 Å². The van der Waals surface area contributed by atoms with Gasteiger partial charge in [0.25, 0.3) is 5.69 Å². The van der Waals surface area contributed by atoms with Crippen LogP contribution in [0.15, 0.2) is 42.5 Å². The maximum absolute atomic E-state index is 12.8. The number of nitrogens with one attached hydrogen (secondary N) is 2. The van der Waals surface area contributed by atoms with E-state index in [9.17, 15) is 28.1 Å². The van der Waals surface area contributed by atoms with Gasteiger partial charge in [-0.1, -0.05) is 32.0 Å². The Balaban J connectivity index is 2.21. The first kappa shape index (κ1) is 22.2. The Hall–Kier alpha value is -3.10. The minimum atomic E-state index is -4.70. The second-order valence-electron chi connectivity index (χ2n) is 6.74. The van der Waals surface area contributed by atoms with Crippen molar-refractivity contribution >= 4 is 23.0 Å². The van der Waals surface area contributed by atoms with E-state index in [0.29, 0.717) is 11.8 Å². The molecular formula is C20H22F3N3O3. The van der Waals surface area contributed by atoms with E-state index in [1.165, 1.54) is 6.92 Å². The predicted molar refractivity (Wildman–Crippen MR) is 105 cm³/mol. The van der Waals surface area contributed by atoms with E-state index >= 15 is 0 Å². The van der Waals surface area contributed by atoms with Crippen molar-refractivity contribution in [1.29, 1.82) is 0 Å². The molecule has 0 aliphatic rings. The van der Waals surface area contributed by atoms with Gasteiger partial charge < -0.3 is 10.6 Å². The van der Waals surface area contributed by atoms with Crippen LogP contribution >= 0.6 is 0 Å². The van der Waals surface area contributed by atoms with Crippen LogP contribution in [0.5, 0.6) is 0 Å². The van der Waals surface area contributed by atoms with Gasteiger partial charge in [-0.3, -0.25) is 14.9 Å². The molecule has 0 bridgehead atoms. The fraction of sp³-hybridized carbons (Fsp3) is 0.350. The second kappa shape index (κ2) is 8.93. The Labute approximate surface area is 166 Å². The zero-order valence-electron chi connectivity index (χ0n) is 16.2. The quantitative estimate of drug-likeness (QED) is 0.463. The first-order valence-corrected chi connectivity index (χ1v) is 9.06. The summed E-state index contributed by atoms with van der Waals surface area (Å²) in [6, 6.07) is 8.52. The van der Waals surface area contributed by atoms with Gasteiger partial charge in [0.15, 0.2) is 0 Å². The molecule has 0 saturated carbocycles. The lowest BCUT2D eigenvalue weighted by molar-refractivity contribution is -0.384. The average molecular weight is 409 g/mol. The predicted octanol–water partition coefficient (Wildman–Crippen LogP) is 5.57. The van der Waals surface area contributed by atoms with Gasteiger partial charge >= 0.3 is 6.18 Å². The maximum atomic E-state index is 12.8. The zero-order valence-corrected chi connectivity index (χ0v) is 16.2. The van der Waals surface area contributed by atoms with Crippen molar-refractivity contribution in [1.82, 2.24) is 0 Å². The van der Waals surface area contributed by atoms with Gasteiger partial charge in [0.1, 0.15) is 11.7 Å². The summed E-state index contributed by atoms with van der Waals surface area (Å²) >= 11 is 0. The smallest absolute Gasteiger partial charge is 0.368 e. The van der Waals surface area contributed by atoms with Crippen molar-refractivity contribution in [3.8, 4) is 0 Å². The molecule has 2 rings (SSSR count). The maximum Gasteiger partial charge on any atom is 0.416 e. The Morgan fingerprint density at radius 3 is 2.38 bits per heavy atom. The topological polar surface area (TPSA) is 84.3 Å². The lowest BCUT2D eigenvalue weighted by Crippen LogP contribution is -2.32. The number of anilines is 2. The van der Waals surface area contributed by atoms with Crippen LogP contribution < -0.4 is 10.6 Å². The van der Waals surface area contributed by atoms with Gasteiger partial charge in [-0.2, -0.15) is 13.2 Å². The van der Waals surface area contributed by atoms with Gasteiger partial charge in [-0.25, -0.2) is 0 Å². The highest BCUT2D eigenvalue weighted by molar-refractivity contribution is 5.97. The molecule has 0 aromatic heterocycles. The van der Waals surface area contributed by atoms with Crippen molar-refractivity contribution < 1.29 is 22.9 Å².